The van der Waals surface area contributed by atoms with E-state index in [1.54, 1.807) is 0 Å². The molecule has 0 aromatic rings. The lowest BCUT2D eigenvalue weighted by Crippen LogP contribution is -2.30. The lowest BCUT2D eigenvalue weighted by Gasteiger charge is -2.21. The Bertz CT molecular complexity index is 1870. The van der Waals surface area contributed by atoms with Gasteiger partial charge in [0, 0.05) is 25.7 Å². The van der Waals surface area contributed by atoms with Crippen LogP contribution < -0.4 is 0 Å². The summed E-state index contributed by atoms with van der Waals surface area (Å²) >= 11 is 0. The highest BCUT2D eigenvalue weighted by molar-refractivity contribution is 7.47. The molecule has 0 rings (SSSR count). The molecule has 0 radical (unpaired) electrons. The molecule has 19 heteroatoms. The number of aliphatic hydroxyl groups is 1. The second-order valence-electron chi connectivity index (χ2n) is 29.3. The lowest BCUT2D eigenvalue weighted by atomic mass is 10.0. The first-order valence-corrected chi connectivity index (χ1v) is 42.2. The standard InChI is InChI=1S/C76H148O17P2/c1-66(2)52-44-36-28-21-17-13-11-9-10-12-14-20-24-33-42-50-58-75(80)92-71(62-86-73(78)56-48-40-32-23-19-16-15-18-22-29-37-45-53-67(3)4)64-90-94(82,83)88-60-70(77)61-89-95(84,85)91-65-72(63-87-74(79)57-49-41-35-27-31-39-47-55-69(7)8)93-76(81)59-51-43-34-26-25-30-38-46-54-68(5)6/h66-72,77H,9-65H2,1-8H3,(H,82,83)(H,84,85)/t70?,71-,72-/m1/s1. The summed E-state index contributed by atoms with van der Waals surface area (Å²) in [6, 6.07) is 0. The number of ether oxygens (including phenoxy) is 4. The summed E-state index contributed by atoms with van der Waals surface area (Å²) < 4.78 is 68.5. The van der Waals surface area contributed by atoms with E-state index in [0.717, 1.165) is 114 Å². The van der Waals surface area contributed by atoms with Gasteiger partial charge < -0.3 is 33.8 Å². The Morgan fingerprint density at radius 3 is 0.653 bits per heavy atom. The summed E-state index contributed by atoms with van der Waals surface area (Å²) in [5.74, 6) is 0.891. The van der Waals surface area contributed by atoms with Crippen LogP contribution in [0.2, 0.25) is 0 Å². The Morgan fingerprint density at radius 1 is 0.263 bits per heavy atom. The molecule has 0 saturated heterocycles. The van der Waals surface area contributed by atoms with Crippen molar-refractivity contribution in [2.24, 2.45) is 23.7 Å². The normalized spacial score (nSPS) is 14.1. The monoisotopic (exact) mass is 1400 g/mol. The molecule has 0 fully saturated rings. The topological polar surface area (TPSA) is 237 Å². The van der Waals surface area contributed by atoms with E-state index in [4.69, 9.17) is 37.0 Å². The number of phosphoric acid groups is 2. The van der Waals surface area contributed by atoms with Gasteiger partial charge in [0.05, 0.1) is 26.4 Å². The van der Waals surface area contributed by atoms with Crippen molar-refractivity contribution in [3.8, 4) is 0 Å². The Kier molecular flexibility index (Phi) is 64.0. The number of hydrogen-bond acceptors (Lipinski definition) is 15. The maximum Gasteiger partial charge on any atom is 0.472 e. The van der Waals surface area contributed by atoms with E-state index in [-0.39, 0.29) is 25.7 Å². The van der Waals surface area contributed by atoms with E-state index in [2.05, 4.69) is 55.4 Å². The van der Waals surface area contributed by atoms with Gasteiger partial charge in [-0.15, -0.1) is 0 Å². The van der Waals surface area contributed by atoms with Crippen LogP contribution in [0.5, 0.6) is 0 Å². The highest BCUT2D eigenvalue weighted by atomic mass is 31.2. The van der Waals surface area contributed by atoms with Crippen molar-refractivity contribution in [3.63, 3.8) is 0 Å². The molecule has 0 aromatic carbocycles. The van der Waals surface area contributed by atoms with Crippen molar-refractivity contribution in [3.05, 3.63) is 0 Å². The SMILES string of the molecule is CC(C)CCCCCCCCCCCCCCCCCCC(=O)O[C@H](COC(=O)CCCCCCCCCCCCCCC(C)C)COP(=O)(O)OCC(O)COP(=O)(O)OC[C@@H](COC(=O)CCCCCCCCCC(C)C)OC(=O)CCCCCCCCCCC(C)C. The van der Waals surface area contributed by atoms with E-state index >= 15 is 0 Å². The molecule has 0 heterocycles. The minimum Gasteiger partial charge on any atom is -0.462 e. The number of unbranched alkanes of at least 4 members (excludes halogenated alkanes) is 39. The molecule has 0 aliphatic rings. The molecule has 564 valence electrons. The minimum absolute atomic E-state index is 0.103. The fourth-order valence-electron chi connectivity index (χ4n) is 11.6. The van der Waals surface area contributed by atoms with Gasteiger partial charge in [-0.1, -0.05) is 331 Å². The highest BCUT2D eigenvalue weighted by Crippen LogP contribution is 2.45. The number of phosphoric ester groups is 2. The van der Waals surface area contributed by atoms with Gasteiger partial charge in [-0.05, 0) is 49.4 Å². The third-order valence-corrected chi connectivity index (χ3v) is 19.5. The van der Waals surface area contributed by atoms with Crippen LogP contribution in [0, 0.1) is 23.7 Å². The van der Waals surface area contributed by atoms with Crippen molar-refractivity contribution in [2.75, 3.05) is 39.6 Å². The highest BCUT2D eigenvalue weighted by Gasteiger charge is 2.30. The predicted octanol–water partition coefficient (Wildman–Crippen LogP) is 22.0. The molecule has 5 atom stereocenters. The zero-order valence-electron chi connectivity index (χ0n) is 62.3. The fraction of sp³-hybridized carbons (Fsp3) is 0.947. The summed E-state index contributed by atoms with van der Waals surface area (Å²) in [6.45, 7) is 14.1. The van der Waals surface area contributed by atoms with Crippen molar-refractivity contribution in [1.29, 1.82) is 0 Å². The zero-order chi connectivity index (χ0) is 70.3. The molecule has 95 heavy (non-hydrogen) atoms. The Morgan fingerprint density at radius 2 is 0.442 bits per heavy atom. The van der Waals surface area contributed by atoms with Crippen LogP contribution in [0.15, 0.2) is 0 Å². The molecular weight excluding hydrogens is 1250 g/mol. The molecular formula is C76H148O17P2. The molecule has 0 spiro atoms. The quantitative estimate of drug-likeness (QED) is 0.0222. The van der Waals surface area contributed by atoms with Gasteiger partial charge in [-0.25, -0.2) is 9.13 Å². The van der Waals surface area contributed by atoms with Crippen molar-refractivity contribution < 1.29 is 80.2 Å². The third kappa shape index (κ3) is 70.3. The van der Waals surface area contributed by atoms with Crippen molar-refractivity contribution in [1.82, 2.24) is 0 Å². The number of carbonyl (C=O) groups excluding carboxylic acids is 4. The molecule has 3 N–H and O–H groups in total. The minimum atomic E-state index is -4.96. The first kappa shape index (κ1) is 93.1. The van der Waals surface area contributed by atoms with Crippen LogP contribution in [0.1, 0.15) is 383 Å². The summed E-state index contributed by atoms with van der Waals surface area (Å²) in [4.78, 5) is 72.8. The van der Waals surface area contributed by atoms with Gasteiger partial charge >= 0.3 is 39.5 Å². The number of hydrogen-bond donors (Lipinski definition) is 3. The smallest absolute Gasteiger partial charge is 0.462 e. The van der Waals surface area contributed by atoms with Crippen LogP contribution in [-0.2, 0) is 65.4 Å². The number of rotatable bonds is 73. The van der Waals surface area contributed by atoms with E-state index in [1.165, 1.54) is 180 Å². The molecule has 0 bridgehead atoms. The lowest BCUT2D eigenvalue weighted by molar-refractivity contribution is -0.161. The summed E-state index contributed by atoms with van der Waals surface area (Å²) in [5.41, 5.74) is 0. The summed E-state index contributed by atoms with van der Waals surface area (Å²) in [5, 5.41) is 10.6. The van der Waals surface area contributed by atoms with Crippen LogP contribution in [0.3, 0.4) is 0 Å². The van der Waals surface area contributed by atoms with E-state index in [1.807, 2.05) is 0 Å². The van der Waals surface area contributed by atoms with Gasteiger partial charge in [-0.2, -0.15) is 0 Å². The Balaban J connectivity index is 5.23. The van der Waals surface area contributed by atoms with Crippen LogP contribution >= 0.6 is 15.6 Å². The molecule has 0 aliphatic carbocycles. The van der Waals surface area contributed by atoms with Crippen LogP contribution in [0.4, 0.5) is 0 Å². The molecule has 3 unspecified atom stereocenters. The molecule has 0 amide bonds. The average molecular weight is 1400 g/mol. The van der Waals surface area contributed by atoms with Gasteiger partial charge in [0.25, 0.3) is 0 Å². The first-order valence-electron chi connectivity index (χ1n) is 39.2. The summed E-state index contributed by atoms with van der Waals surface area (Å²) in [7, 11) is -9.91. The van der Waals surface area contributed by atoms with Crippen molar-refractivity contribution in [2.45, 2.75) is 401 Å². The summed E-state index contributed by atoms with van der Waals surface area (Å²) in [6.07, 6.45) is 50.1. The van der Waals surface area contributed by atoms with E-state index in [9.17, 15) is 43.2 Å². The number of carbonyl (C=O) groups is 4. The zero-order valence-corrected chi connectivity index (χ0v) is 64.1. The van der Waals surface area contributed by atoms with Crippen LogP contribution in [-0.4, -0.2) is 96.7 Å². The van der Waals surface area contributed by atoms with E-state index < -0.39 is 97.5 Å². The largest absolute Gasteiger partial charge is 0.472 e. The number of esters is 4. The molecule has 0 aliphatic heterocycles. The maximum atomic E-state index is 13.1. The molecule has 0 aromatic heterocycles. The average Bonchev–Trinajstić information content (AvgIpc) is 2.75. The molecule has 0 saturated carbocycles. The third-order valence-electron chi connectivity index (χ3n) is 17.6. The Hall–Kier alpha value is -1.94. The first-order chi connectivity index (χ1) is 45.6. The molecule has 17 nitrogen and oxygen atoms in total. The predicted molar refractivity (Wildman–Crippen MR) is 386 cm³/mol. The van der Waals surface area contributed by atoms with Gasteiger partial charge in [-0.3, -0.25) is 37.3 Å². The fourth-order valence-corrected chi connectivity index (χ4v) is 13.1. The van der Waals surface area contributed by atoms with Crippen LogP contribution in [0.25, 0.3) is 0 Å². The second kappa shape index (κ2) is 65.4. The van der Waals surface area contributed by atoms with Crippen molar-refractivity contribution >= 4 is 39.5 Å². The number of aliphatic hydroxyl groups excluding tert-OH is 1. The van der Waals surface area contributed by atoms with Gasteiger partial charge in [0.15, 0.2) is 12.2 Å². The van der Waals surface area contributed by atoms with Gasteiger partial charge in [0.2, 0.25) is 0 Å². The van der Waals surface area contributed by atoms with Gasteiger partial charge in [0.1, 0.15) is 19.3 Å². The van der Waals surface area contributed by atoms with E-state index in [0.29, 0.717) is 31.6 Å². The Labute approximate surface area is 581 Å². The maximum absolute atomic E-state index is 13.1. The second-order valence-corrected chi connectivity index (χ2v) is 32.2.